The number of benzene rings is 2. The van der Waals surface area contributed by atoms with E-state index in [1.807, 2.05) is 50.2 Å². The van der Waals surface area contributed by atoms with Gasteiger partial charge in [0.05, 0.1) is 0 Å². The molecule has 2 aromatic carbocycles. The molecule has 1 heteroatoms. The molecule has 0 aromatic heterocycles. The Morgan fingerprint density at radius 1 is 0.900 bits per heavy atom. The quantitative estimate of drug-likeness (QED) is 0.802. The van der Waals surface area contributed by atoms with Crippen molar-refractivity contribution in [3.05, 3.63) is 70.8 Å². The van der Waals surface area contributed by atoms with Gasteiger partial charge in [0.15, 0.2) is 0 Å². The monoisotopic (exact) mass is 266 g/mol. The van der Waals surface area contributed by atoms with Crippen molar-refractivity contribution in [1.29, 1.82) is 0 Å². The van der Waals surface area contributed by atoms with Gasteiger partial charge in [-0.05, 0) is 49.9 Å². The van der Waals surface area contributed by atoms with E-state index in [1.54, 1.807) is 0 Å². The first-order chi connectivity index (χ1) is 9.43. The molecule has 0 unspecified atom stereocenters. The molecule has 0 atom stereocenters. The summed E-state index contributed by atoms with van der Waals surface area (Å²) in [6.07, 6.45) is 0.500. The van der Waals surface area contributed by atoms with Gasteiger partial charge in [-0.1, -0.05) is 48.5 Å². The van der Waals surface area contributed by atoms with Crippen LogP contribution in [0.4, 0.5) is 0 Å². The van der Waals surface area contributed by atoms with Crippen LogP contribution in [0.15, 0.2) is 48.5 Å². The lowest BCUT2D eigenvalue weighted by atomic mass is 9.78. The summed E-state index contributed by atoms with van der Waals surface area (Å²) in [5.74, 6) is 0.265. The number of ketones is 1. The first-order valence-electron chi connectivity index (χ1n) is 7.07. The SMILES string of the molecule is Cc1cccc(C)c1CC(=O)C(C)(C)c1ccccc1. The lowest BCUT2D eigenvalue weighted by molar-refractivity contribution is -0.122. The molecular weight excluding hydrogens is 244 g/mol. The smallest absolute Gasteiger partial charge is 0.147 e. The third-order valence-electron chi connectivity index (χ3n) is 4.17. The molecule has 0 spiro atoms. The average Bonchev–Trinajstić information content (AvgIpc) is 2.43. The molecule has 0 radical (unpaired) electrons. The highest BCUT2D eigenvalue weighted by molar-refractivity contribution is 5.91. The number of carbonyl (C=O) groups is 1. The van der Waals surface area contributed by atoms with Crippen molar-refractivity contribution in [3.8, 4) is 0 Å². The van der Waals surface area contributed by atoms with E-state index < -0.39 is 5.41 Å². The lowest BCUT2D eigenvalue weighted by Crippen LogP contribution is -2.30. The van der Waals surface area contributed by atoms with Crippen LogP contribution in [0, 0.1) is 13.8 Å². The molecule has 0 N–H and O–H groups in total. The zero-order valence-corrected chi connectivity index (χ0v) is 12.7. The van der Waals surface area contributed by atoms with Crippen LogP contribution in [-0.4, -0.2) is 5.78 Å². The highest BCUT2D eigenvalue weighted by atomic mass is 16.1. The molecule has 0 saturated heterocycles. The predicted octanol–water partition coefficient (Wildman–Crippen LogP) is 4.39. The zero-order chi connectivity index (χ0) is 14.8. The Kier molecular flexibility index (Phi) is 4.08. The summed E-state index contributed by atoms with van der Waals surface area (Å²) < 4.78 is 0. The van der Waals surface area contributed by atoms with Crippen LogP contribution in [-0.2, 0) is 16.6 Å². The molecule has 0 aliphatic rings. The summed E-state index contributed by atoms with van der Waals surface area (Å²) in [5.41, 5.74) is 4.19. The molecule has 0 fully saturated rings. The molecule has 104 valence electrons. The Bertz CT molecular complexity index is 589. The summed E-state index contributed by atoms with van der Waals surface area (Å²) in [4.78, 5) is 12.7. The fourth-order valence-electron chi connectivity index (χ4n) is 2.53. The number of hydrogen-bond acceptors (Lipinski definition) is 1. The van der Waals surface area contributed by atoms with Gasteiger partial charge >= 0.3 is 0 Å². The number of aryl methyl sites for hydroxylation is 2. The molecule has 0 amide bonds. The normalized spacial score (nSPS) is 11.4. The summed E-state index contributed by atoms with van der Waals surface area (Å²) in [7, 11) is 0. The summed E-state index contributed by atoms with van der Waals surface area (Å²) in [6, 6.07) is 16.2. The Morgan fingerprint density at radius 3 is 2.00 bits per heavy atom. The second kappa shape index (κ2) is 5.62. The number of rotatable bonds is 4. The molecule has 1 nitrogen and oxygen atoms in total. The van der Waals surface area contributed by atoms with Crippen LogP contribution in [0.3, 0.4) is 0 Å². The van der Waals surface area contributed by atoms with Gasteiger partial charge < -0.3 is 0 Å². The Labute approximate surface area is 121 Å². The maximum absolute atomic E-state index is 12.7. The Hall–Kier alpha value is -1.89. The van der Waals surface area contributed by atoms with Crippen LogP contribution in [0.2, 0.25) is 0 Å². The van der Waals surface area contributed by atoms with Gasteiger partial charge in [0.2, 0.25) is 0 Å². The van der Waals surface area contributed by atoms with Crippen molar-refractivity contribution in [2.75, 3.05) is 0 Å². The van der Waals surface area contributed by atoms with Crippen LogP contribution < -0.4 is 0 Å². The van der Waals surface area contributed by atoms with Crippen LogP contribution in [0.1, 0.15) is 36.1 Å². The molecule has 0 aliphatic carbocycles. The summed E-state index contributed by atoms with van der Waals surface area (Å²) >= 11 is 0. The van der Waals surface area contributed by atoms with Crippen molar-refractivity contribution in [1.82, 2.24) is 0 Å². The van der Waals surface area contributed by atoms with Gasteiger partial charge in [0.25, 0.3) is 0 Å². The fraction of sp³-hybridized carbons (Fsp3) is 0.316. The minimum atomic E-state index is -0.448. The number of Topliss-reactive ketones (excluding diaryl/α,β-unsaturated/α-hetero) is 1. The molecule has 20 heavy (non-hydrogen) atoms. The molecule has 2 rings (SSSR count). The van der Waals surface area contributed by atoms with E-state index in [0.29, 0.717) is 6.42 Å². The maximum Gasteiger partial charge on any atom is 0.147 e. The Balaban J connectivity index is 2.28. The standard InChI is InChI=1S/C19H22O/c1-14-9-8-10-15(2)17(14)13-18(20)19(3,4)16-11-6-5-7-12-16/h5-12H,13H2,1-4H3. The second-order valence-electron chi connectivity index (χ2n) is 5.96. The summed E-state index contributed by atoms with van der Waals surface area (Å²) in [5, 5.41) is 0. The van der Waals surface area contributed by atoms with E-state index in [2.05, 4.69) is 26.0 Å². The molecule has 0 saturated carbocycles. The van der Waals surface area contributed by atoms with Gasteiger partial charge in [-0.2, -0.15) is 0 Å². The minimum Gasteiger partial charge on any atom is -0.298 e. The third kappa shape index (κ3) is 2.82. The van der Waals surface area contributed by atoms with E-state index in [0.717, 1.165) is 5.56 Å². The van der Waals surface area contributed by atoms with E-state index >= 15 is 0 Å². The maximum atomic E-state index is 12.7. The van der Waals surface area contributed by atoms with E-state index in [4.69, 9.17) is 0 Å². The van der Waals surface area contributed by atoms with E-state index in [1.165, 1.54) is 16.7 Å². The topological polar surface area (TPSA) is 17.1 Å². The summed E-state index contributed by atoms with van der Waals surface area (Å²) in [6.45, 7) is 8.17. The minimum absolute atomic E-state index is 0.265. The van der Waals surface area contributed by atoms with Gasteiger partial charge in [-0.15, -0.1) is 0 Å². The zero-order valence-electron chi connectivity index (χ0n) is 12.7. The van der Waals surface area contributed by atoms with Crippen LogP contribution >= 0.6 is 0 Å². The molecule has 0 aliphatic heterocycles. The fourth-order valence-corrected chi connectivity index (χ4v) is 2.53. The van der Waals surface area contributed by atoms with Crippen molar-refractivity contribution < 1.29 is 4.79 Å². The van der Waals surface area contributed by atoms with Gasteiger partial charge in [-0.3, -0.25) is 4.79 Å². The van der Waals surface area contributed by atoms with Crippen molar-refractivity contribution in [3.63, 3.8) is 0 Å². The first kappa shape index (κ1) is 14.5. The predicted molar refractivity (Wildman–Crippen MR) is 84.1 cm³/mol. The Morgan fingerprint density at radius 2 is 1.45 bits per heavy atom. The van der Waals surface area contributed by atoms with Crippen molar-refractivity contribution in [2.45, 2.75) is 39.5 Å². The van der Waals surface area contributed by atoms with Crippen LogP contribution in [0.25, 0.3) is 0 Å². The van der Waals surface area contributed by atoms with Crippen molar-refractivity contribution >= 4 is 5.78 Å². The lowest BCUT2D eigenvalue weighted by Gasteiger charge is -2.24. The van der Waals surface area contributed by atoms with Crippen molar-refractivity contribution in [2.24, 2.45) is 0 Å². The van der Waals surface area contributed by atoms with Gasteiger partial charge in [0.1, 0.15) is 5.78 Å². The number of carbonyl (C=O) groups excluding carboxylic acids is 1. The second-order valence-corrected chi connectivity index (χ2v) is 5.96. The van der Waals surface area contributed by atoms with E-state index in [-0.39, 0.29) is 5.78 Å². The highest BCUT2D eigenvalue weighted by Gasteiger charge is 2.29. The highest BCUT2D eigenvalue weighted by Crippen LogP contribution is 2.27. The average molecular weight is 266 g/mol. The first-order valence-corrected chi connectivity index (χ1v) is 7.07. The van der Waals surface area contributed by atoms with Gasteiger partial charge in [-0.25, -0.2) is 0 Å². The molecular formula is C19H22O. The number of hydrogen-bond donors (Lipinski definition) is 0. The van der Waals surface area contributed by atoms with E-state index in [9.17, 15) is 4.79 Å². The van der Waals surface area contributed by atoms with Crippen LogP contribution in [0.5, 0.6) is 0 Å². The molecule has 0 heterocycles. The third-order valence-corrected chi connectivity index (χ3v) is 4.17. The van der Waals surface area contributed by atoms with Gasteiger partial charge in [0, 0.05) is 11.8 Å². The molecule has 2 aromatic rings. The largest absolute Gasteiger partial charge is 0.298 e. The molecule has 0 bridgehead atoms.